The number of anilines is 1. The van der Waals surface area contributed by atoms with E-state index in [0.717, 1.165) is 17.7 Å². The molecule has 108 valence electrons. The van der Waals surface area contributed by atoms with Crippen molar-refractivity contribution >= 4 is 40.5 Å². The van der Waals surface area contributed by atoms with Crippen LogP contribution in [0, 0.1) is 11.3 Å². The van der Waals surface area contributed by atoms with E-state index in [9.17, 15) is 0 Å². The van der Waals surface area contributed by atoms with Gasteiger partial charge < -0.3 is 5.32 Å². The van der Waals surface area contributed by atoms with Crippen LogP contribution in [-0.4, -0.2) is 0 Å². The molecule has 5 heteroatoms. The Labute approximate surface area is 139 Å². The second-order valence-corrected chi connectivity index (χ2v) is 5.81. The van der Waals surface area contributed by atoms with Crippen molar-refractivity contribution < 1.29 is 0 Å². The van der Waals surface area contributed by atoms with E-state index in [1.807, 2.05) is 24.3 Å². The van der Waals surface area contributed by atoms with Gasteiger partial charge in [-0.1, -0.05) is 47.8 Å². The van der Waals surface area contributed by atoms with E-state index in [1.165, 1.54) is 0 Å². The minimum Gasteiger partial charge on any atom is -0.378 e. The summed E-state index contributed by atoms with van der Waals surface area (Å²) in [4.78, 5) is 0. The Morgan fingerprint density at radius 1 is 1.05 bits per heavy atom. The van der Waals surface area contributed by atoms with Crippen molar-refractivity contribution in [2.24, 2.45) is 0 Å². The molecule has 2 aromatic carbocycles. The Balaban J connectivity index is 2.25. The van der Waals surface area contributed by atoms with E-state index in [2.05, 4.69) is 12.2 Å². The molecule has 0 heterocycles. The molecule has 0 aliphatic carbocycles. The van der Waals surface area contributed by atoms with Crippen molar-refractivity contribution in [2.75, 3.05) is 5.32 Å². The van der Waals surface area contributed by atoms with Crippen molar-refractivity contribution in [2.45, 2.75) is 19.4 Å². The fourth-order valence-electron chi connectivity index (χ4n) is 2.05. The molecule has 0 saturated heterocycles. The second kappa shape index (κ2) is 7.04. The summed E-state index contributed by atoms with van der Waals surface area (Å²) >= 11 is 18.1. The Morgan fingerprint density at radius 3 is 2.38 bits per heavy atom. The lowest BCUT2D eigenvalue weighted by Gasteiger charge is -2.19. The maximum Gasteiger partial charge on any atom is 0.101 e. The molecule has 0 spiro atoms. The minimum absolute atomic E-state index is 0.0868. The first kappa shape index (κ1) is 16.0. The van der Waals surface area contributed by atoms with Crippen LogP contribution < -0.4 is 5.32 Å². The van der Waals surface area contributed by atoms with Crippen LogP contribution in [0.1, 0.15) is 30.5 Å². The number of hydrogen-bond acceptors (Lipinski definition) is 2. The van der Waals surface area contributed by atoms with Crippen LogP contribution in [0.25, 0.3) is 0 Å². The number of nitrogens with one attached hydrogen (secondary N) is 1. The molecule has 1 unspecified atom stereocenters. The van der Waals surface area contributed by atoms with Gasteiger partial charge in [0.05, 0.1) is 26.7 Å². The molecule has 0 saturated carbocycles. The summed E-state index contributed by atoms with van der Waals surface area (Å²) in [6, 6.07) is 13.0. The van der Waals surface area contributed by atoms with Gasteiger partial charge in [-0.15, -0.1) is 0 Å². The monoisotopic (exact) mass is 338 g/mol. The molecule has 1 atom stereocenters. The van der Waals surface area contributed by atoms with Crippen LogP contribution in [0.2, 0.25) is 15.1 Å². The van der Waals surface area contributed by atoms with Gasteiger partial charge in [0, 0.05) is 5.69 Å². The first-order valence-corrected chi connectivity index (χ1v) is 7.59. The zero-order valence-corrected chi connectivity index (χ0v) is 13.6. The summed E-state index contributed by atoms with van der Waals surface area (Å²) in [6.45, 7) is 2.07. The second-order valence-electron chi connectivity index (χ2n) is 4.59. The van der Waals surface area contributed by atoms with E-state index in [4.69, 9.17) is 40.1 Å². The van der Waals surface area contributed by atoms with Crippen molar-refractivity contribution in [3.8, 4) is 6.07 Å². The first-order valence-electron chi connectivity index (χ1n) is 6.46. The lowest BCUT2D eigenvalue weighted by molar-refractivity contribution is 0.749. The number of nitrogens with zero attached hydrogens (tertiary/aromatic N) is 1. The average Bonchev–Trinajstić information content (AvgIpc) is 2.48. The molecule has 0 aromatic heterocycles. The maximum absolute atomic E-state index is 8.89. The van der Waals surface area contributed by atoms with Gasteiger partial charge in [0.2, 0.25) is 0 Å². The number of rotatable bonds is 4. The highest BCUT2D eigenvalue weighted by Gasteiger charge is 2.12. The fraction of sp³-hybridized carbons (Fsp3) is 0.188. The smallest absolute Gasteiger partial charge is 0.101 e. The van der Waals surface area contributed by atoms with Crippen molar-refractivity contribution in [3.63, 3.8) is 0 Å². The predicted molar refractivity (Wildman–Crippen MR) is 89.3 cm³/mol. The Hall–Kier alpha value is -1.40. The molecule has 21 heavy (non-hydrogen) atoms. The van der Waals surface area contributed by atoms with Crippen molar-refractivity contribution in [1.82, 2.24) is 0 Å². The van der Waals surface area contributed by atoms with Crippen molar-refractivity contribution in [3.05, 3.63) is 62.6 Å². The highest BCUT2D eigenvalue weighted by molar-refractivity contribution is 6.42. The largest absolute Gasteiger partial charge is 0.378 e. The molecule has 0 aliphatic rings. The molecule has 0 bridgehead atoms. The van der Waals surface area contributed by atoms with E-state index in [1.54, 1.807) is 18.2 Å². The van der Waals surface area contributed by atoms with Crippen LogP contribution in [-0.2, 0) is 0 Å². The molecule has 2 aromatic rings. The Morgan fingerprint density at radius 2 is 1.81 bits per heavy atom. The first-order chi connectivity index (χ1) is 10.0. The van der Waals surface area contributed by atoms with Gasteiger partial charge in [-0.05, 0) is 42.3 Å². The van der Waals surface area contributed by atoms with Gasteiger partial charge in [0.1, 0.15) is 6.07 Å². The lowest BCUT2D eigenvalue weighted by atomic mass is 10.0. The Bertz CT molecular complexity index is 692. The highest BCUT2D eigenvalue weighted by atomic mass is 35.5. The summed E-state index contributed by atoms with van der Waals surface area (Å²) in [6.07, 6.45) is 0.871. The summed E-state index contributed by atoms with van der Waals surface area (Å²) in [5.74, 6) is 0. The number of halogens is 3. The van der Waals surface area contributed by atoms with Crippen LogP contribution in [0.3, 0.4) is 0 Å². The number of benzene rings is 2. The van der Waals surface area contributed by atoms with Crippen LogP contribution in [0.4, 0.5) is 5.69 Å². The Kier molecular flexibility index (Phi) is 5.36. The predicted octanol–water partition coefficient (Wildman–Crippen LogP) is 6.08. The molecular weight excluding hydrogens is 327 g/mol. The molecule has 1 N–H and O–H groups in total. The molecular formula is C16H13Cl3N2. The van der Waals surface area contributed by atoms with E-state index >= 15 is 0 Å². The third kappa shape index (κ3) is 3.83. The standard InChI is InChI=1S/C16H13Cl3N2/c1-2-16(10-4-6-13(17)15(19)7-10)21-12-5-3-11(9-20)14(18)8-12/h3-8,16,21H,2H2,1H3. The van der Waals surface area contributed by atoms with E-state index in [-0.39, 0.29) is 6.04 Å². The molecule has 2 rings (SSSR count). The molecule has 0 fully saturated rings. The van der Waals surface area contributed by atoms with Crippen molar-refractivity contribution in [1.29, 1.82) is 5.26 Å². The van der Waals surface area contributed by atoms with Gasteiger partial charge in [-0.25, -0.2) is 0 Å². The number of hydrogen-bond donors (Lipinski definition) is 1. The normalized spacial score (nSPS) is 11.8. The summed E-state index contributed by atoms with van der Waals surface area (Å²) in [5, 5.41) is 13.8. The summed E-state index contributed by atoms with van der Waals surface area (Å²) in [5.41, 5.74) is 2.37. The quantitative estimate of drug-likeness (QED) is 0.732. The SMILES string of the molecule is CCC(Nc1ccc(C#N)c(Cl)c1)c1ccc(Cl)c(Cl)c1. The summed E-state index contributed by atoms with van der Waals surface area (Å²) in [7, 11) is 0. The molecule has 0 aliphatic heterocycles. The van der Waals surface area contributed by atoms with Gasteiger partial charge in [-0.3, -0.25) is 0 Å². The summed E-state index contributed by atoms with van der Waals surface area (Å²) < 4.78 is 0. The van der Waals surface area contributed by atoms with Crippen LogP contribution in [0.5, 0.6) is 0 Å². The highest BCUT2D eigenvalue weighted by Crippen LogP contribution is 2.30. The van der Waals surface area contributed by atoms with Gasteiger partial charge in [-0.2, -0.15) is 5.26 Å². The molecule has 2 nitrogen and oxygen atoms in total. The minimum atomic E-state index is 0.0868. The van der Waals surface area contributed by atoms with Gasteiger partial charge in [0.25, 0.3) is 0 Å². The third-order valence-electron chi connectivity index (χ3n) is 3.18. The molecule has 0 amide bonds. The number of nitriles is 1. The van der Waals surface area contributed by atoms with Crippen LogP contribution in [0.15, 0.2) is 36.4 Å². The molecule has 0 radical (unpaired) electrons. The van der Waals surface area contributed by atoms with E-state index in [0.29, 0.717) is 20.6 Å². The lowest BCUT2D eigenvalue weighted by Crippen LogP contribution is -2.09. The van der Waals surface area contributed by atoms with Gasteiger partial charge >= 0.3 is 0 Å². The maximum atomic E-state index is 8.89. The zero-order valence-electron chi connectivity index (χ0n) is 11.3. The van der Waals surface area contributed by atoms with Gasteiger partial charge in [0.15, 0.2) is 0 Å². The fourth-order valence-corrected chi connectivity index (χ4v) is 2.58. The average molecular weight is 340 g/mol. The third-order valence-corrected chi connectivity index (χ3v) is 4.24. The van der Waals surface area contributed by atoms with Crippen LogP contribution >= 0.6 is 34.8 Å². The van der Waals surface area contributed by atoms with E-state index < -0.39 is 0 Å². The zero-order chi connectivity index (χ0) is 15.4. The topological polar surface area (TPSA) is 35.8 Å².